The molecule has 4 aromatic rings. The quantitative estimate of drug-likeness (QED) is 0.368. The van der Waals surface area contributed by atoms with Crippen LogP contribution < -0.4 is 16.4 Å². The van der Waals surface area contributed by atoms with E-state index in [1.807, 2.05) is 27.8 Å². The summed E-state index contributed by atoms with van der Waals surface area (Å²) in [4.78, 5) is 46.3. The number of pyridine rings is 2. The van der Waals surface area contributed by atoms with Crippen LogP contribution in [0.1, 0.15) is 44.7 Å². The summed E-state index contributed by atoms with van der Waals surface area (Å²) in [5.41, 5.74) is 0.699. The number of hydrogen-bond donors (Lipinski definition) is 2. The second-order valence-corrected chi connectivity index (χ2v) is 13.0. The van der Waals surface area contributed by atoms with Crippen LogP contribution in [0.3, 0.4) is 0 Å². The predicted molar refractivity (Wildman–Crippen MR) is 162 cm³/mol. The number of carbonyl (C=O) groups is 1. The molecule has 0 bridgehead atoms. The van der Waals surface area contributed by atoms with Gasteiger partial charge in [0.1, 0.15) is 11.5 Å². The first kappa shape index (κ1) is 28.9. The Morgan fingerprint density at radius 2 is 1.95 bits per heavy atom. The largest absolute Gasteiger partial charge is 0.392 e. The SMILES string of the molecule is CN1CC[C@]2(C[C@H]2C(=O)Nc2cc(-c3ccnc(-n4ncc5cc(C(C)(C)C)cc(F)c5c4=O)c3CO)cn(C)c2=O)C1. The van der Waals surface area contributed by atoms with Crippen molar-refractivity contribution in [1.29, 1.82) is 0 Å². The van der Waals surface area contributed by atoms with E-state index in [2.05, 4.69) is 20.3 Å². The maximum atomic E-state index is 15.3. The summed E-state index contributed by atoms with van der Waals surface area (Å²) in [6.45, 7) is 7.18. The van der Waals surface area contributed by atoms with Gasteiger partial charge in [0.05, 0.1) is 18.2 Å². The Morgan fingerprint density at radius 3 is 2.63 bits per heavy atom. The highest BCUT2D eigenvalue weighted by Gasteiger charge is 2.60. The molecule has 1 saturated heterocycles. The maximum absolute atomic E-state index is 15.3. The number of nitrogens with one attached hydrogen (secondary N) is 1. The Labute approximate surface area is 247 Å². The minimum atomic E-state index is -0.709. The number of rotatable bonds is 5. The van der Waals surface area contributed by atoms with Crippen molar-refractivity contribution in [3.63, 3.8) is 0 Å². The molecule has 2 atom stereocenters. The van der Waals surface area contributed by atoms with Gasteiger partial charge in [0.25, 0.3) is 11.1 Å². The highest BCUT2D eigenvalue weighted by atomic mass is 19.1. The van der Waals surface area contributed by atoms with Gasteiger partial charge >= 0.3 is 0 Å². The van der Waals surface area contributed by atoms with E-state index in [1.54, 1.807) is 31.4 Å². The number of hydrogen-bond acceptors (Lipinski definition) is 7. The first-order valence-corrected chi connectivity index (χ1v) is 14.3. The molecule has 1 aromatic carbocycles. The summed E-state index contributed by atoms with van der Waals surface area (Å²) in [7, 11) is 3.63. The first-order chi connectivity index (χ1) is 20.3. The number of aryl methyl sites for hydroxylation is 1. The van der Waals surface area contributed by atoms with E-state index in [9.17, 15) is 19.5 Å². The third-order valence-electron chi connectivity index (χ3n) is 8.93. The molecule has 43 heavy (non-hydrogen) atoms. The number of amides is 1. The van der Waals surface area contributed by atoms with Crippen LogP contribution in [-0.4, -0.2) is 55.4 Å². The first-order valence-electron chi connectivity index (χ1n) is 14.3. The minimum absolute atomic E-state index is 0.0142. The van der Waals surface area contributed by atoms with Gasteiger partial charge in [-0.25, -0.2) is 9.37 Å². The summed E-state index contributed by atoms with van der Waals surface area (Å²) in [6, 6.07) is 6.33. The van der Waals surface area contributed by atoms with Crippen molar-refractivity contribution in [3.05, 3.63) is 80.5 Å². The molecular weight excluding hydrogens is 551 g/mol. The van der Waals surface area contributed by atoms with Crippen molar-refractivity contribution >= 4 is 22.4 Å². The summed E-state index contributed by atoms with van der Waals surface area (Å²) < 4.78 is 17.6. The lowest BCUT2D eigenvalue weighted by atomic mass is 9.86. The van der Waals surface area contributed by atoms with Gasteiger partial charge in [0.15, 0.2) is 5.82 Å². The van der Waals surface area contributed by atoms with E-state index < -0.39 is 18.0 Å². The Morgan fingerprint density at radius 1 is 1.19 bits per heavy atom. The Balaban J connectivity index is 1.39. The van der Waals surface area contributed by atoms with Crippen molar-refractivity contribution in [1.82, 2.24) is 24.2 Å². The van der Waals surface area contributed by atoms with Gasteiger partial charge in [-0.05, 0) is 72.7 Å². The average molecular weight is 587 g/mol. The number of halogens is 1. The average Bonchev–Trinajstić information content (AvgIpc) is 3.53. The van der Waals surface area contributed by atoms with E-state index in [-0.39, 0.29) is 50.7 Å². The van der Waals surface area contributed by atoms with Gasteiger partial charge in [-0.2, -0.15) is 9.78 Å². The maximum Gasteiger partial charge on any atom is 0.283 e. The molecule has 2 N–H and O–H groups in total. The van der Waals surface area contributed by atoms with Crippen LogP contribution in [0.25, 0.3) is 27.7 Å². The van der Waals surface area contributed by atoms with Gasteiger partial charge in [-0.3, -0.25) is 14.4 Å². The normalized spacial score (nSPS) is 20.2. The molecule has 224 valence electrons. The van der Waals surface area contributed by atoms with Gasteiger partial charge < -0.3 is 19.9 Å². The molecule has 1 spiro atoms. The fraction of sp³-hybridized carbons (Fsp3) is 0.406. The van der Waals surface area contributed by atoms with Gasteiger partial charge in [0, 0.05) is 48.4 Å². The predicted octanol–water partition coefficient (Wildman–Crippen LogP) is 3.36. The Hall–Kier alpha value is -4.22. The number of nitrogens with zero attached hydrogens (tertiary/aromatic N) is 5. The van der Waals surface area contributed by atoms with Crippen LogP contribution in [0.4, 0.5) is 10.1 Å². The fourth-order valence-corrected chi connectivity index (χ4v) is 6.35. The molecule has 0 radical (unpaired) electrons. The second-order valence-electron chi connectivity index (χ2n) is 13.0. The molecule has 10 nitrogen and oxygen atoms in total. The van der Waals surface area contributed by atoms with Gasteiger partial charge in [-0.15, -0.1) is 0 Å². The zero-order chi connectivity index (χ0) is 30.8. The van der Waals surface area contributed by atoms with Gasteiger partial charge in [-0.1, -0.05) is 20.8 Å². The van der Waals surface area contributed by atoms with Crippen LogP contribution >= 0.6 is 0 Å². The lowest BCUT2D eigenvalue weighted by Crippen LogP contribution is -2.27. The zero-order valence-electron chi connectivity index (χ0n) is 24.9. The van der Waals surface area contributed by atoms with E-state index in [0.717, 1.165) is 36.2 Å². The second kappa shape index (κ2) is 10.2. The number of aliphatic hydroxyl groups excluding tert-OH is 1. The number of aromatic nitrogens is 4. The van der Waals surface area contributed by atoms with Crippen molar-refractivity contribution in [3.8, 4) is 16.9 Å². The number of likely N-dealkylation sites (tertiary alicyclic amines) is 1. The summed E-state index contributed by atoms with van der Waals surface area (Å²) >= 11 is 0. The van der Waals surface area contributed by atoms with Crippen LogP contribution in [0, 0.1) is 17.2 Å². The standard InChI is InChI=1S/C32H35FN6O4/c1-31(2,3)20-10-18-14-35-39(30(43)26(18)24(33)12-20)27-22(16-40)21(6-8-34-27)19-11-25(29(42)38(5)15-19)36-28(41)23-13-32(23)7-9-37(4)17-32/h6,8,10-12,14-15,23,40H,7,9,13,16-17H2,1-5H3,(H,36,41)/t23-,32-/m0/s1. The van der Waals surface area contributed by atoms with Crippen molar-refractivity contribution < 1.29 is 14.3 Å². The van der Waals surface area contributed by atoms with Crippen LogP contribution in [0.2, 0.25) is 0 Å². The molecule has 1 aliphatic heterocycles. The minimum Gasteiger partial charge on any atom is -0.392 e. The Kier molecular flexibility index (Phi) is 6.85. The van der Waals surface area contributed by atoms with E-state index in [0.29, 0.717) is 16.5 Å². The van der Waals surface area contributed by atoms with Crippen LogP contribution in [0.15, 0.2) is 52.4 Å². The monoisotopic (exact) mass is 586 g/mol. The summed E-state index contributed by atoms with van der Waals surface area (Å²) in [6.07, 6.45) is 6.22. The molecular formula is C32H35FN6O4. The number of fused-ring (bicyclic) bond motifs is 1. The molecule has 1 saturated carbocycles. The van der Waals surface area contributed by atoms with Crippen molar-refractivity contribution in [2.75, 3.05) is 25.5 Å². The van der Waals surface area contributed by atoms with E-state index in [4.69, 9.17) is 0 Å². The number of carbonyl (C=O) groups excluding carboxylic acids is 1. The number of anilines is 1. The summed E-state index contributed by atoms with van der Waals surface area (Å²) in [5.74, 6) is -0.940. The lowest BCUT2D eigenvalue weighted by molar-refractivity contribution is -0.118. The zero-order valence-corrected chi connectivity index (χ0v) is 24.9. The van der Waals surface area contributed by atoms with E-state index >= 15 is 4.39 Å². The molecule has 4 heterocycles. The molecule has 2 fully saturated rings. The highest BCUT2D eigenvalue weighted by molar-refractivity contribution is 5.95. The molecule has 2 aliphatic rings. The number of benzene rings is 1. The molecule has 1 aliphatic carbocycles. The van der Waals surface area contributed by atoms with Crippen molar-refractivity contribution in [2.24, 2.45) is 18.4 Å². The molecule has 11 heteroatoms. The van der Waals surface area contributed by atoms with Gasteiger partial charge in [0.2, 0.25) is 5.91 Å². The fourth-order valence-electron chi connectivity index (χ4n) is 6.35. The number of aliphatic hydroxyl groups is 1. The third kappa shape index (κ3) is 4.96. The molecule has 0 unspecified atom stereocenters. The summed E-state index contributed by atoms with van der Waals surface area (Å²) in [5, 5.41) is 17.8. The Bertz CT molecular complexity index is 1910. The van der Waals surface area contributed by atoms with Crippen molar-refractivity contribution in [2.45, 2.75) is 45.6 Å². The third-order valence-corrected chi connectivity index (χ3v) is 8.93. The van der Waals surface area contributed by atoms with E-state index in [1.165, 1.54) is 23.0 Å². The lowest BCUT2D eigenvalue weighted by Gasteiger charge is -2.20. The highest BCUT2D eigenvalue weighted by Crippen LogP contribution is 2.58. The molecule has 3 aromatic heterocycles. The molecule has 1 amide bonds. The van der Waals surface area contributed by atoms with Crippen LogP contribution in [0.5, 0.6) is 0 Å². The smallest absolute Gasteiger partial charge is 0.283 e. The molecule has 6 rings (SSSR count). The van der Waals surface area contributed by atoms with Crippen LogP contribution in [-0.2, 0) is 23.9 Å². The topological polar surface area (TPSA) is 122 Å².